The van der Waals surface area contributed by atoms with Crippen LogP contribution in [-0.2, 0) is 11.4 Å². The fourth-order valence-corrected chi connectivity index (χ4v) is 4.00. The molecule has 0 radical (unpaired) electrons. The second-order valence-corrected chi connectivity index (χ2v) is 7.96. The molecule has 174 valence electrons. The number of benzene rings is 3. The number of hydrogen-bond acceptors (Lipinski definition) is 4. The summed E-state index contributed by atoms with van der Waals surface area (Å²) in [6.07, 6.45) is 0. The zero-order valence-electron chi connectivity index (χ0n) is 20.1. The first-order valence-electron chi connectivity index (χ1n) is 11.4. The summed E-state index contributed by atoms with van der Waals surface area (Å²) in [6, 6.07) is 28.5. The maximum absolute atomic E-state index is 5.70. The maximum Gasteiger partial charge on any atom is 0.142 e. The van der Waals surface area contributed by atoms with E-state index in [1.165, 1.54) is 0 Å². The Kier molecular flexibility index (Phi) is 7.33. The fraction of sp³-hybridized carbons (Fsp3) is 0.207. The van der Waals surface area contributed by atoms with Crippen LogP contribution in [0.2, 0.25) is 0 Å². The lowest BCUT2D eigenvalue weighted by molar-refractivity contribution is 0.130. The van der Waals surface area contributed by atoms with E-state index in [-0.39, 0.29) is 0 Å². The molecule has 4 aromatic rings. The van der Waals surface area contributed by atoms with Crippen LogP contribution in [-0.4, -0.2) is 24.0 Å². The Morgan fingerprint density at radius 2 is 1.65 bits per heavy atom. The van der Waals surface area contributed by atoms with Gasteiger partial charge in [-0.2, -0.15) is 0 Å². The number of oxime groups is 1. The van der Waals surface area contributed by atoms with Crippen LogP contribution in [0.15, 0.2) is 90.1 Å². The van der Waals surface area contributed by atoms with E-state index in [1.807, 2.05) is 56.3 Å². The van der Waals surface area contributed by atoms with E-state index in [1.54, 1.807) is 7.11 Å². The Morgan fingerprint density at radius 3 is 2.35 bits per heavy atom. The van der Waals surface area contributed by atoms with Crippen LogP contribution in [0, 0.1) is 6.92 Å². The van der Waals surface area contributed by atoms with Crippen LogP contribution in [0.5, 0.6) is 11.5 Å². The van der Waals surface area contributed by atoms with E-state index in [9.17, 15) is 0 Å². The van der Waals surface area contributed by atoms with E-state index in [0.717, 1.165) is 51.0 Å². The lowest BCUT2D eigenvalue weighted by atomic mass is 10.1. The van der Waals surface area contributed by atoms with E-state index < -0.39 is 0 Å². The molecule has 5 nitrogen and oxygen atoms in total. The van der Waals surface area contributed by atoms with Crippen molar-refractivity contribution in [1.82, 2.24) is 4.57 Å². The number of ether oxygens (including phenoxy) is 2. The lowest BCUT2D eigenvalue weighted by Crippen LogP contribution is -2.03. The summed E-state index contributed by atoms with van der Waals surface area (Å²) in [5.41, 5.74) is 7.26. The summed E-state index contributed by atoms with van der Waals surface area (Å²) >= 11 is 0. The predicted octanol–water partition coefficient (Wildman–Crippen LogP) is 6.80. The van der Waals surface area contributed by atoms with Crippen molar-refractivity contribution in [2.45, 2.75) is 27.4 Å². The number of hydrogen-bond donors (Lipinski definition) is 0. The largest absolute Gasteiger partial charge is 0.497 e. The van der Waals surface area contributed by atoms with Gasteiger partial charge in [-0.05, 0) is 74.4 Å². The molecular weight excluding hydrogens is 424 g/mol. The van der Waals surface area contributed by atoms with Crippen LogP contribution in [0.1, 0.15) is 30.7 Å². The van der Waals surface area contributed by atoms with Gasteiger partial charge in [-0.25, -0.2) is 0 Å². The molecule has 0 N–H and O–H groups in total. The fourth-order valence-electron chi connectivity index (χ4n) is 4.00. The van der Waals surface area contributed by atoms with Crippen molar-refractivity contribution in [1.29, 1.82) is 0 Å². The molecule has 0 aliphatic heterocycles. The number of nitrogens with zero attached hydrogens (tertiary/aromatic N) is 2. The third-order valence-electron chi connectivity index (χ3n) is 5.68. The van der Waals surface area contributed by atoms with Gasteiger partial charge >= 0.3 is 0 Å². The molecule has 3 aromatic carbocycles. The van der Waals surface area contributed by atoms with Gasteiger partial charge in [-0.3, -0.25) is 0 Å². The highest BCUT2D eigenvalue weighted by molar-refractivity contribution is 6.01. The Bertz CT molecular complexity index is 1260. The molecule has 0 fully saturated rings. The summed E-state index contributed by atoms with van der Waals surface area (Å²) in [5.74, 6) is 1.67. The molecule has 1 aromatic heterocycles. The molecular formula is C29H30N2O3. The second-order valence-electron chi connectivity index (χ2n) is 7.96. The highest BCUT2D eigenvalue weighted by Crippen LogP contribution is 2.31. The van der Waals surface area contributed by atoms with Crippen LogP contribution in [0.3, 0.4) is 0 Å². The Morgan fingerprint density at radius 1 is 0.882 bits per heavy atom. The molecule has 34 heavy (non-hydrogen) atoms. The predicted molar refractivity (Wildman–Crippen MR) is 137 cm³/mol. The van der Waals surface area contributed by atoms with Crippen molar-refractivity contribution in [3.8, 4) is 28.4 Å². The van der Waals surface area contributed by atoms with Crippen molar-refractivity contribution in [2.75, 3.05) is 13.7 Å². The normalized spacial score (nSPS) is 11.4. The van der Waals surface area contributed by atoms with Crippen molar-refractivity contribution in [3.63, 3.8) is 0 Å². The van der Waals surface area contributed by atoms with Crippen LogP contribution in [0.25, 0.3) is 16.9 Å². The molecule has 4 rings (SSSR count). The van der Waals surface area contributed by atoms with Crippen molar-refractivity contribution >= 4 is 5.71 Å². The molecule has 0 saturated heterocycles. The van der Waals surface area contributed by atoms with Gasteiger partial charge in [-0.15, -0.1) is 0 Å². The van der Waals surface area contributed by atoms with Gasteiger partial charge in [0.15, 0.2) is 0 Å². The summed E-state index contributed by atoms with van der Waals surface area (Å²) in [4.78, 5) is 5.70. The van der Waals surface area contributed by atoms with Crippen LogP contribution < -0.4 is 9.47 Å². The molecule has 0 bridgehead atoms. The standard InChI is InChI=1S/C29H30N2O3/c1-5-33-26-16-14-25(15-17-26)31-22(3)28(19-29(31)24-11-7-6-8-12-24)21(2)30-34-20-23-10-9-13-27(18-23)32-4/h6-19H,5,20H2,1-4H3/b30-21+. The SMILES string of the molecule is CCOc1ccc(-n2c(-c3ccccc3)cc(/C(C)=N/OCc3cccc(OC)c3)c2C)cc1. The molecule has 0 aliphatic carbocycles. The van der Waals surface area contributed by atoms with Gasteiger partial charge in [0.25, 0.3) is 0 Å². The van der Waals surface area contributed by atoms with E-state index in [4.69, 9.17) is 14.3 Å². The van der Waals surface area contributed by atoms with E-state index in [2.05, 4.69) is 59.1 Å². The third-order valence-corrected chi connectivity index (χ3v) is 5.68. The topological polar surface area (TPSA) is 45.0 Å². The first kappa shape index (κ1) is 23.2. The average Bonchev–Trinajstić information content (AvgIpc) is 3.22. The molecule has 0 atom stereocenters. The van der Waals surface area contributed by atoms with Gasteiger partial charge < -0.3 is 18.9 Å². The molecule has 0 saturated carbocycles. The number of methoxy groups -OCH3 is 1. The zero-order chi connectivity index (χ0) is 23.9. The van der Waals surface area contributed by atoms with Crippen LogP contribution in [0.4, 0.5) is 0 Å². The van der Waals surface area contributed by atoms with Crippen molar-refractivity contribution in [2.24, 2.45) is 5.16 Å². The Balaban J connectivity index is 1.66. The second kappa shape index (κ2) is 10.8. The van der Waals surface area contributed by atoms with E-state index in [0.29, 0.717) is 13.2 Å². The number of rotatable bonds is 9. The summed E-state index contributed by atoms with van der Waals surface area (Å²) in [5, 5.41) is 4.43. The summed E-state index contributed by atoms with van der Waals surface area (Å²) in [7, 11) is 1.66. The Hall–Kier alpha value is -3.99. The van der Waals surface area contributed by atoms with Gasteiger partial charge in [0, 0.05) is 16.9 Å². The summed E-state index contributed by atoms with van der Waals surface area (Å²) in [6.45, 7) is 7.10. The lowest BCUT2D eigenvalue weighted by Gasteiger charge is -2.13. The molecule has 5 heteroatoms. The quantitative estimate of drug-likeness (QED) is 0.206. The summed E-state index contributed by atoms with van der Waals surface area (Å²) < 4.78 is 13.2. The molecule has 0 spiro atoms. The maximum atomic E-state index is 5.70. The molecule has 1 heterocycles. The minimum atomic E-state index is 0.374. The molecule has 0 unspecified atom stereocenters. The van der Waals surface area contributed by atoms with Crippen molar-refractivity contribution in [3.05, 3.63) is 102 Å². The molecule has 0 aliphatic rings. The van der Waals surface area contributed by atoms with E-state index >= 15 is 0 Å². The minimum Gasteiger partial charge on any atom is -0.497 e. The highest BCUT2D eigenvalue weighted by atomic mass is 16.6. The first-order chi connectivity index (χ1) is 16.6. The van der Waals surface area contributed by atoms with Gasteiger partial charge in [0.2, 0.25) is 0 Å². The third kappa shape index (κ3) is 5.15. The Labute approximate surface area is 201 Å². The monoisotopic (exact) mass is 454 g/mol. The minimum absolute atomic E-state index is 0.374. The van der Waals surface area contributed by atoms with Gasteiger partial charge in [-0.1, -0.05) is 47.6 Å². The highest BCUT2D eigenvalue weighted by Gasteiger charge is 2.17. The van der Waals surface area contributed by atoms with Gasteiger partial charge in [0.05, 0.1) is 25.1 Å². The molecule has 0 amide bonds. The zero-order valence-corrected chi connectivity index (χ0v) is 20.1. The van der Waals surface area contributed by atoms with Crippen LogP contribution >= 0.6 is 0 Å². The average molecular weight is 455 g/mol. The smallest absolute Gasteiger partial charge is 0.142 e. The first-order valence-corrected chi connectivity index (χ1v) is 11.4. The van der Waals surface area contributed by atoms with Gasteiger partial charge in [0.1, 0.15) is 18.1 Å². The van der Waals surface area contributed by atoms with Crippen molar-refractivity contribution < 1.29 is 14.3 Å². The number of aromatic nitrogens is 1.